The number of carbonyl (C=O) groups excluding carboxylic acids is 1. The molecule has 1 rings (SSSR count). The summed E-state index contributed by atoms with van der Waals surface area (Å²) in [6.07, 6.45) is 0. The number of carbonyl (C=O) groups is 1. The molecule has 0 aromatic heterocycles. The van der Waals surface area contributed by atoms with Crippen LogP contribution < -0.4 is 11.5 Å². The van der Waals surface area contributed by atoms with Gasteiger partial charge in [0.25, 0.3) is 0 Å². The van der Waals surface area contributed by atoms with Gasteiger partial charge in [-0.05, 0) is 36.7 Å². The minimum absolute atomic E-state index is 0.0339. The molecule has 4 nitrogen and oxygen atoms in total. The fourth-order valence-corrected chi connectivity index (χ4v) is 2.04. The van der Waals surface area contributed by atoms with E-state index in [2.05, 4.69) is 18.7 Å². The van der Waals surface area contributed by atoms with Crippen molar-refractivity contribution in [3.63, 3.8) is 0 Å². The van der Waals surface area contributed by atoms with Gasteiger partial charge in [-0.3, -0.25) is 9.69 Å². The quantitative estimate of drug-likeness (QED) is 0.799. The van der Waals surface area contributed by atoms with E-state index in [1.165, 1.54) is 18.2 Å². The normalized spacial score (nSPS) is 11.9. The lowest BCUT2D eigenvalue weighted by Crippen LogP contribution is -2.38. The monoisotopic (exact) mass is 281 g/mol. The molecule has 1 amide bonds. The van der Waals surface area contributed by atoms with Crippen LogP contribution in [-0.4, -0.2) is 30.4 Å². The summed E-state index contributed by atoms with van der Waals surface area (Å²) in [4.78, 5) is 13.3. The van der Waals surface area contributed by atoms with Crippen LogP contribution in [-0.2, 0) is 6.54 Å². The molecule has 112 valence electrons. The van der Waals surface area contributed by atoms with Crippen LogP contribution in [0, 0.1) is 11.2 Å². The fraction of sp³-hybridized carbons (Fsp3) is 0.533. The van der Waals surface area contributed by atoms with Crippen LogP contribution in [0.1, 0.15) is 36.7 Å². The Labute approximate surface area is 119 Å². The van der Waals surface area contributed by atoms with Gasteiger partial charge in [-0.15, -0.1) is 0 Å². The number of hydrogen-bond donors (Lipinski definition) is 2. The molecule has 0 aliphatic heterocycles. The summed E-state index contributed by atoms with van der Waals surface area (Å²) in [5.41, 5.74) is 11.7. The van der Waals surface area contributed by atoms with Crippen molar-refractivity contribution in [1.82, 2.24) is 4.90 Å². The Morgan fingerprint density at radius 1 is 1.40 bits per heavy atom. The Balaban J connectivity index is 2.89. The summed E-state index contributed by atoms with van der Waals surface area (Å²) in [6, 6.07) is 4.22. The molecule has 0 heterocycles. The zero-order valence-electron chi connectivity index (χ0n) is 12.4. The first-order chi connectivity index (χ1) is 9.29. The third kappa shape index (κ3) is 4.58. The van der Waals surface area contributed by atoms with Crippen LogP contribution in [0.4, 0.5) is 4.39 Å². The van der Waals surface area contributed by atoms with Gasteiger partial charge in [0, 0.05) is 24.2 Å². The van der Waals surface area contributed by atoms with Crippen LogP contribution in [0.25, 0.3) is 0 Å². The van der Waals surface area contributed by atoms with Crippen molar-refractivity contribution in [3.05, 3.63) is 35.1 Å². The van der Waals surface area contributed by atoms with Crippen molar-refractivity contribution < 1.29 is 9.18 Å². The highest BCUT2D eigenvalue weighted by atomic mass is 19.1. The Kier molecular flexibility index (Phi) is 5.65. The molecule has 1 aromatic rings. The molecule has 1 aromatic carbocycles. The van der Waals surface area contributed by atoms with E-state index in [-0.39, 0.29) is 11.2 Å². The van der Waals surface area contributed by atoms with E-state index < -0.39 is 5.91 Å². The molecule has 0 saturated heterocycles. The summed E-state index contributed by atoms with van der Waals surface area (Å²) >= 11 is 0. The molecule has 0 spiro atoms. The second-order valence-corrected chi connectivity index (χ2v) is 5.84. The molecule has 4 N–H and O–H groups in total. The Bertz CT molecular complexity index is 474. The van der Waals surface area contributed by atoms with E-state index in [9.17, 15) is 9.18 Å². The third-order valence-electron chi connectivity index (χ3n) is 3.38. The highest BCUT2D eigenvalue weighted by Gasteiger charge is 2.20. The second-order valence-electron chi connectivity index (χ2n) is 5.84. The van der Waals surface area contributed by atoms with Gasteiger partial charge < -0.3 is 11.5 Å². The number of halogens is 1. The molecule has 0 unspecified atom stereocenters. The lowest BCUT2D eigenvalue weighted by atomic mass is 9.93. The van der Waals surface area contributed by atoms with Gasteiger partial charge in [0.05, 0.1) is 0 Å². The molecule has 0 radical (unpaired) electrons. The average molecular weight is 281 g/mol. The second kappa shape index (κ2) is 6.81. The molecule has 0 atom stereocenters. The summed E-state index contributed by atoms with van der Waals surface area (Å²) < 4.78 is 13.8. The van der Waals surface area contributed by atoms with Gasteiger partial charge in [-0.2, -0.15) is 0 Å². The van der Waals surface area contributed by atoms with Crippen molar-refractivity contribution in [2.75, 3.05) is 19.6 Å². The van der Waals surface area contributed by atoms with Gasteiger partial charge in [0.15, 0.2) is 0 Å². The van der Waals surface area contributed by atoms with Crippen molar-refractivity contribution in [1.29, 1.82) is 0 Å². The molecular formula is C15H24FN3O. The van der Waals surface area contributed by atoms with E-state index in [1.807, 2.05) is 6.92 Å². The highest BCUT2D eigenvalue weighted by Crippen LogP contribution is 2.18. The van der Waals surface area contributed by atoms with Crippen molar-refractivity contribution >= 4 is 5.91 Å². The van der Waals surface area contributed by atoms with Crippen LogP contribution >= 0.6 is 0 Å². The maximum absolute atomic E-state index is 13.8. The summed E-state index contributed by atoms with van der Waals surface area (Å²) in [5, 5.41) is 0. The lowest BCUT2D eigenvalue weighted by molar-refractivity contribution is 0.1000. The van der Waals surface area contributed by atoms with Gasteiger partial charge in [0.1, 0.15) is 5.82 Å². The first-order valence-corrected chi connectivity index (χ1v) is 6.79. The SMILES string of the molecule is CCN(Cc1cc(C(N)=O)ccc1F)CC(C)(C)CN. The van der Waals surface area contributed by atoms with Crippen molar-refractivity contribution in [3.8, 4) is 0 Å². The van der Waals surface area contributed by atoms with Gasteiger partial charge >= 0.3 is 0 Å². The van der Waals surface area contributed by atoms with Crippen LogP contribution in [0.3, 0.4) is 0 Å². The minimum atomic E-state index is -0.545. The number of nitrogens with two attached hydrogens (primary N) is 2. The maximum Gasteiger partial charge on any atom is 0.248 e. The molecule has 0 bridgehead atoms. The molecule has 0 fully saturated rings. The number of hydrogen-bond acceptors (Lipinski definition) is 3. The number of amides is 1. The minimum Gasteiger partial charge on any atom is -0.366 e. The predicted octanol–water partition coefficient (Wildman–Crippen LogP) is 1.73. The largest absolute Gasteiger partial charge is 0.366 e. The van der Waals surface area contributed by atoms with Gasteiger partial charge in [0.2, 0.25) is 5.91 Å². The summed E-state index contributed by atoms with van der Waals surface area (Å²) in [7, 11) is 0. The van der Waals surface area contributed by atoms with E-state index in [0.29, 0.717) is 24.2 Å². The first-order valence-electron chi connectivity index (χ1n) is 6.79. The van der Waals surface area contributed by atoms with Crippen LogP contribution in [0.15, 0.2) is 18.2 Å². The first kappa shape index (κ1) is 16.6. The van der Waals surface area contributed by atoms with E-state index in [0.717, 1.165) is 13.1 Å². The lowest BCUT2D eigenvalue weighted by Gasteiger charge is -2.31. The molecule has 0 aliphatic rings. The molecular weight excluding hydrogens is 257 g/mol. The summed E-state index contributed by atoms with van der Waals surface area (Å²) in [5.74, 6) is -0.865. The molecule has 5 heteroatoms. The van der Waals surface area contributed by atoms with Crippen molar-refractivity contribution in [2.45, 2.75) is 27.3 Å². The van der Waals surface area contributed by atoms with Gasteiger partial charge in [-0.1, -0.05) is 20.8 Å². The average Bonchev–Trinajstić information content (AvgIpc) is 2.39. The zero-order chi connectivity index (χ0) is 15.3. The Morgan fingerprint density at radius 2 is 2.05 bits per heavy atom. The maximum atomic E-state index is 13.8. The number of benzene rings is 1. The number of rotatable bonds is 7. The van der Waals surface area contributed by atoms with Crippen LogP contribution in [0.5, 0.6) is 0 Å². The van der Waals surface area contributed by atoms with E-state index >= 15 is 0 Å². The molecule has 0 saturated carbocycles. The zero-order valence-corrected chi connectivity index (χ0v) is 12.4. The predicted molar refractivity (Wildman–Crippen MR) is 78.7 cm³/mol. The van der Waals surface area contributed by atoms with Gasteiger partial charge in [-0.25, -0.2) is 4.39 Å². The summed E-state index contributed by atoms with van der Waals surface area (Å²) in [6.45, 7) is 8.71. The van der Waals surface area contributed by atoms with Crippen molar-refractivity contribution in [2.24, 2.45) is 16.9 Å². The fourth-order valence-electron chi connectivity index (χ4n) is 2.04. The smallest absolute Gasteiger partial charge is 0.248 e. The molecule has 20 heavy (non-hydrogen) atoms. The third-order valence-corrected chi connectivity index (χ3v) is 3.38. The molecule has 0 aliphatic carbocycles. The Hall–Kier alpha value is -1.46. The topological polar surface area (TPSA) is 72.3 Å². The van der Waals surface area contributed by atoms with E-state index in [1.54, 1.807) is 0 Å². The Morgan fingerprint density at radius 3 is 2.55 bits per heavy atom. The van der Waals surface area contributed by atoms with Crippen LogP contribution in [0.2, 0.25) is 0 Å². The number of nitrogens with zero attached hydrogens (tertiary/aromatic N) is 1. The highest BCUT2D eigenvalue weighted by molar-refractivity contribution is 5.92. The standard InChI is InChI=1S/C15H24FN3O/c1-4-19(10-15(2,3)9-17)8-12-7-11(14(18)20)5-6-13(12)16/h5-7H,4,8-10,17H2,1-3H3,(H2,18,20). The number of primary amides is 1. The van der Waals surface area contributed by atoms with E-state index in [4.69, 9.17) is 11.5 Å².